The van der Waals surface area contributed by atoms with Gasteiger partial charge >= 0.3 is 0 Å². The van der Waals surface area contributed by atoms with E-state index in [4.69, 9.17) is 5.73 Å². The molecule has 0 aliphatic rings. The molecule has 4 nitrogen and oxygen atoms in total. The van der Waals surface area contributed by atoms with Gasteiger partial charge in [-0.1, -0.05) is 33.6 Å². The first kappa shape index (κ1) is 17.0. The molecule has 0 saturated carbocycles. The minimum absolute atomic E-state index is 0.294. The van der Waals surface area contributed by atoms with E-state index in [0.717, 1.165) is 18.4 Å². The second kappa shape index (κ2) is 7.09. The van der Waals surface area contributed by atoms with Crippen molar-refractivity contribution in [1.29, 1.82) is 0 Å². The fraction of sp³-hybridized carbons (Fsp3) is 0.600. The third kappa shape index (κ3) is 3.96. The Bertz CT molecular complexity index is 517. The van der Waals surface area contributed by atoms with Gasteiger partial charge in [-0.2, -0.15) is 4.31 Å². The summed E-state index contributed by atoms with van der Waals surface area (Å²) in [7, 11) is -3.46. The van der Waals surface area contributed by atoms with Gasteiger partial charge in [0.25, 0.3) is 0 Å². The van der Waals surface area contributed by atoms with Crippen molar-refractivity contribution >= 4 is 15.7 Å². The molecule has 2 N–H and O–H groups in total. The van der Waals surface area contributed by atoms with Crippen molar-refractivity contribution in [2.75, 3.05) is 18.8 Å². The topological polar surface area (TPSA) is 63.4 Å². The lowest BCUT2D eigenvalue weighted by Gasteiger charge is -2.25. The standard InChI is InChI=1S/C15H26N2O2S/c1-5-13(6-2)11-17(7-3)20(18,19)15-9-12(4)8-14(16)10-15/h8-10,13H,5-7,11,16H2,1-4H3. The zero-order valence-electron chi connectivity index (χ0n) is 12.9. The minimum atomic E-state index is -3.46. The number of benzene rings is 1. The van der Waals surface area contributed by atoms with E-state index in [1.54, 1.807) is 16.4 Å². The second-order valence-corrected chi connectivity index (χ2v) is 7.16. The van der Waals surface area contributed by atoms with Gasteiger partial charge in [-0.15, -0.1) is 0 Å². The van der Waals surface area contributed by atoms with E-state index in [-0.39, 0.29) is 0 Å². The lowest BCUT2D eigenvalue weighted by molar-refractivity contribution is 0.339. The highest BCUT2D eigenvalue weighted by Gasteiger charge is 2.25. The first-order valence-corrected chi connectivity index (χ1v) is 8.66. The zero-order valence-corrected chi connectivity index (χ0v) is 13.7. The molecule has 0 amide bonds. The molecule has 5 heteroatoms. The third-order valence-corrected chi connectivity index (χ3v) is 5.60. The molecule has 0 aliphatic heterocycles. The highest BCUT2D eigenvalue weighted by molar-refractivity contribution is 7.89. The second-order valence-electron chi connectivity index (χ2n) is 5.22. The summed E-state index contributed by atoms with van der Waals surface area (Å²) in [4.78, 5) is 0.294. The Morgan fingerprint density at radius 1 is 1.15 bits per heavy atom. The van der Waals surface area contributed by atoms with Crippen molar-refractivity contribution in [1.82, 2.24) is 4.31 Å². The molecule has 114 valence electrons. The number of sulfonamides is 1. The van der Waals surface area contributed by atoms with E-state index in [2.05, 4.69) is 13.8 Å². The minimum Gasteiger partial charge on any atom is -0.399 e. The van der Waals surface area contributed by atoms with Crippen LogP contribution in [0, 0.1) is 12.8 Å². The molecule has 0 aromatic heterocycles. The van der Waals surface area contributed by atoms with Crippen LogP contribution >= 0.6 is 0 Å². The Kier molecular flexibility index (Phi) is 6.02. The van der Waals surface area contributed by atoms with Gasteiger partial charge in [0.05, 0.1) is 4.90 Å². The van der Waals surface area contributed by atoms with Gasteiger partial charge < -0.3 is 5.73 Å². The number of aryl methyl sites for hydroxylation is 1. The number of rotatable bonds is 7. The maximum atomic E-state index is 12.7. The Morgan fingerprint density at radius 3 is 2.20 bits per heavy atom. The number of hydrogen-bond donors (Lipinski definition) is 1. The molecule has 0 fully saturated rings. The van der Waals surface area contributed by atoms with Gasteiger partial charge in [-0.3, -0.25) is 0 Å². The summed E-state index contributed by atoms with van der Waals surface area (Å²) in [5.74, 6) is 0.395. The molecule has 0 radical (unpaired) electrons. The molecule has 0 unspecified atom stereocenters. The highest BCUT2D eigenvalue weighted by atomic mass is 32.2. The predicted molar refractivity (Wildman–Crippen MR) is 84.1 cm³/mol. The number of nitrogens with two attached hydrogens (primary N) is 1. The first-order chi connectivity index (χ1) is 9.34. The smallest absolute Gasteiger partial charge is 0.243 e. The summed E-state index contributed by atoms with van der Waals surface area (Å²) in [6, 6.07) is 5.00. The Labute approximate surface area is 123 Å². The molecule has 0 atom stereocenters. The molecular weight excluding hydrogens is 272 g/mol. The molecule has 1 aromatic rings. The predicted octanol–water partition coefficient (Wildman–Crippen LogP) is 3.02. The molecule has 0 spiro atoms. The van der Waals surface area contributed by atoms with Crippen molar-refractivity contribution in [2.24, 2.45) is 5.92 Å². The maximum Gasteiger partial charge on any atom is 0.243 e. The van der Waals surface area contributed by atoms with Crippen LogP contribution in [0.1, 0.15) is 39.2 Å². The Balaban J connectivity index is 3.11. The summed E-state index contributed by atoms with van der Waals surface area (Å²) in [6.45, 7) is 8.97. The lowest BCUT2D eigenvalue weighted by atomic mass is 10.0. The monoisotopic (exact) mass is 298 g/mol. The van der Waals surface area contributed by atoms with E-state index in [1.165, 1.54) is 6.07 Å². The summed E-state index contributed by atoms with van der Waals surface area (Å²) >= 11 is 0. The van der Waals surface area contributed by atoms with Crippen LogP contribution in [-0.4, -0.2) is 25.8 Å². The third-order valence-electron chi connectivity index (χ3n) is 3.68. The van der Waals surface area contributed by atoms with Crippen molar-refractivity contribution in [2.45, 2.75) is 45.4 Å². The number of nitrogens with zero attached hydrogens (tertiary/aromatic N) is 1. The molecular formula is C15H26N2O2S. The van der Waals surface area contributed by atoms with Crippen LogP contribution in [0.25, 0.3) is 0 Å². The van der Waals surface area contributed by atoms with E-state index >= 15 is 0 Å². The first-order valence-electron chi connectivity index (χ1n) is 7.22. The van der Waals surface area contributed by atoms with E-state index in [9.17, 15) is 8.42 Å². The largest absolute Gasteiger partial charge is 0.399 e. The molecule has 0 bridgehead atoms. The maximum absolute atomic E-state index is 12.7. The van der Waals surface area contributed by atoms with Gasteiger partial charge in [0, 0.05) is 18.8 Å². The Morgan fingerprint density at radius 2 is 1.75 bits per heavy atom. The molecule has 0 heterocycles. The van der Waals surface area contributed by atoms with Crippen molar-refractivity contribution < 1.29 is 8.42 Å². The number of hydrogen-bond acceptors (Lipinski definition) is 3. The molecule has 0 aliphatic carbocycles. The summed E-state index contributed by atoms with van der Waals surface area (Å²) < 4.78 is 27.0. The average Bonchev–Trinajstić information content (AvgIpc) is 2.38. The normalized spacial score (nSPS) is 12.3. The van der Waals surface area contributed by atoms with E-state index < -0.39 is 10.0 Å². The zero-order chi connectivity index (χ0) is 15.3. The van der Waals surface area contributed by atoms with Crippen molar-refractivity contribution in [3.05, 3.63) is 23.8 Å². The van der Waals surface area contributed by atoms with Crippen LogP contribution < -0.4 is 5.73 Å². The van der Waals surface area contributed by atoms with Gasteiger partial charge in [-0.25, -0.2) is 8.42 Å². The molecule has 1 rings (SSSR count). The summed E-state index contributed by atoms with van der Waals surface area (Å²) in [5.41, 5.74) is 7.12. The van der Waals surface area contributed by atoms with Crippen LogP contribution in [0.2, 0.25) is 0 Å². The SMILES string of the molecule is CCC(CC)CN(CC)S(=O)(=O)c1cc(C)cc(N)c1. The van der Waals surface area contributed by atoms with Crippen LogP contribution in [-0.2, 0) is 10.0 Å². The fourth-order valence-electron chi connectivity index (χ4n) is 2.31. The van der Waals surface area contributed by atoms with Gasteiger partial charge in [0.1, 0.15) is 0 Å². The van der Waals surface area contributed by atoms with Gasteiger partial charge in [0.15, 0.2) is 0 Å². The van der Waals surface area contributed by atoms with Gasteiger partial charge in [0.2, 0.25) is 10.0 Å². The highest BCUT2D eigenvalue weighted by Crippen LogP contribution is 2.22. The van der Waals surface area contributed by atoms with E-state index in [0.29, 0.717) is 29.6 Å². The summed E-state index contributed by atoms with van der Waals surface area (Å²) in [6.07, 6.45) is 1.97. The van der Waals surface area contributed by atoms with Crippen LogP contribution in [0.3, 0.4) is 0 Å². The van der Waals surface area contributed by atoms with Crippen LogP contribution in [0.5, 0.6) is 0 Å². The van der Waals surface area contributed by atoms with Gasteiger partial charge in [-0.05, 0) is 36.6 Å². The quantitative estimate of drug-likeness (QED) is 0.787. The molecule has 0 saturated heterocycles. The van der Waals surface area contributed by atoms with Crippen LogP contribution in [0.4, 0.5) is 5.69 Å². The number of nitrogen functional groups attached to an aromatic ring is 1. The van der Waals surface area contributed by atoms with E-state index in [1.807, 2.05) is 13.8 Å². The average molecular weight is 298 g/mol. The van der Waals surface area contributed by atoms with Crippen molar-refractivity contribution in [3.63, 3.8) is 0 Å². The summed E-state index contributed by atoms with van der Waals surface area (Å²) in [5, 5.41) is 0. The van der Waals surface area contributed by atoms with Crippen LogP contribution in [0.15, 0.2) is 23.1 Å². The molecule has 20 heavy (non-hydrogen) atoms. The van der Waals surface area contributed by atoms with Crippen molar-refractivity contribution in [3.8, 4) is 0 Å². The number of anilines is 1. The fourth-order valence-corrected chi connectivity index (χ4v) is 3.97. The molecule has 1 aromatic carbocycles. The lowest BCUT2D eigenvalue weighted by Crippen LogP contribution is -2.35. The Hall–Kier alpha value is -1.07.